The van der Waals surface area contributed by atoms with Crippen molar-refractivity contribution in [3.05, 3.63) is 89.2 Å². The van der Waals surface area contributed by atoms with Gasteiger partial charge in [-0.2, -0.15) is 0 Å². The first-order chi connectivity index (χ1) is 13.5. The second kappa shape index (κ2) is 9.01. The molecule has 0 aliphatic rings. The van der Waals surface area contributed by atoms with Gasteiger partial charge in [-0.25, -0.2) is 4.39 Å². The number of benzene rings is 3. The summed E-state index contributed by atoms with van der Waals surface area (Å²) < 4.78 is 18.3. The van der Waals surface area contributed by atoms with Crippen molar-refractivity contribution in [3.8, 4) is 5.75 Å². The van der Waals surface area contributed by atoms with Crippen molar-refractivity contribution in [2.75, 3.05) is 17.2 Å². The summed E-state index contributed by atoms with van der Waals surface area (Å²) in [4.78, 5) is 24.4. The van der Waals surface area contributed by atoms with Gasteiger partial charge in [-0.1, -0.05) is 17.7 Å². The summed E-state index contributed by atoms with van der Waals surface area (Å²) in [5.74, 6) is -0.610. The van der Waals surface area contributed by atoms with Gasteiger partial charge in [-0.3, -0.25) is 9.59 Å². The van der Waals surface area contributed by atoms with Crippen LogP contribution < -0.4 is 15.4 Å². The van der Waals surface area contributed by atoms with Crippen LogP contribution in [0, 0.1) is 5.82 Å². The predicted molar refractivity (Wildman–Crippen MR) is 106 cm³/mol. The highest BCUT2D eigenvalue weighted by Crippen LogP contribution is 2.16. The molecule has 0 spiro atoms. The molecule has 0 saturated heterocycles. The Morgan fingerprint density at radius 2 is 1.61 bits per heavy atom. The minimum Gasteiger partial charge on any atom is -0.484 e. The van der Waals surface area contributed by atoms with Gasteiger partial charge >= 0.3 is 0 Å². The molecule has 0 aliphatic heterocycles. The Labute approximate surface area is 166 Å². The number of carbonyl (C=O) groups is 2. The molecule has 28 heavy (non-hydrogen) atoms. The number of nitrogens with one attached hydrogen (secondary N) is 2. The maximum Gasteiger partial charge on any atom is 0.262 e. The van der Waals surface area contributed by atoms with Crippen LogP contribution in [-0.4, -0.2) is 18.4 Å². The highest BCUT2D eigenvalue weighted by Gasteiger charge is 2.09. The van der Waals surface area contributed by atoms with E-state index in [2.05, 4.69) is 10.6 Å². The molecule has 0 atom stereocenters. The lowest BCUT2D eigenvalue weighted by Gasteiger charge is -2.09. The zero-order valence-corrected chi connectivity index (χ0v) is 15.4. The fourth-order valence-electron chi connectivity index (χ4n) is 2.35. The van der Waals surface area contributed by atoms with Gasteiger partial charge in [0.05, 0.1) is 0 Å². The predicted octanol–water partition coefficient (Wildman–Crippen LogP) is 4.75. The van der Waals surface area contributed by atoms with Crippen molar-refractivity contribution in [2.24, 2.45) is 0 Å². The fraction of sp³-hybridized carbons (Fsp3) is 0.0476. The molecule has 0 unspecified atom stereocenters. The molecule has 0 fully saturated rings. The fourth-order valence-corrected chi connectivity index (χ4v) is 2.48. The highest BCUT2D eigenvalue weighted by atomic mass is 35.5. The number of hydrogen-bond acceptors (Lipinski definition) is 3. The molecule has 0 bridgehead atoms. The Hall–Kier alpha value is -3.38. The van der Waals surface area contributed by atoms with Crippen molar-refractivity contribution in [1.29, 1.82) is 0 Å². The molecule has 0 aliphatic carbocycles. The topological polar surface area (TPSA) is 67.4 Å². The molecule has 0 heterocycles. The average Bonchev–Trinajstić information content (AvgIpc) is 2.69. The largest absolute Gasteiger partial charge is 0.484 e. The maximum absolute atomic E-state index is 12.9. The molecule has 3 aromatic carbocycles. The minimum absolute atomic E-state index is 0.187. The summed E-state index contributed by atoms with van der Waals surface area (Å²) in [6.45, 7) is -0.187. The van der Waals surface area contributed by atoms with Gasteiger partial charge in [0.2, 0.25) is 0 Å². The van der Waals surface area contributed by atoms with E-state index in [0.29, 0.717) is 27.7 Å². The summed E-state index contributed by atoms with van der Waals surface area (Å²) in [7, 11) is 0. The number of ether oxygens (including phenoxy) is 1. The van der Waals surface area contributed by atoms with Crippen molar-refractivity contribution in [1.82, 2.24) is 0 Å². The Morgan fingerprint density at radius 3 is 2.32 bits per heavy atom. The van der Waals surface area contributed by atoms with Crippen molar-refractivity contribution in [2.45, 2.75) is 0 Å². The van der Waals surface area contributed by atoms with Crippen LogP contribution in [0.5, 0.6) is 5.75 Å². The summed E-state index contributed by atoms with van der Waals surface area (Å²) in [5, 5.41) is 5.91. The summed E-state index contributed by atoms with van der Waals surface area (Å²) in [6.07, 6.45) is 0. The second-order valence-corrected chi connectivity index (χ2v) is 6.27. The van der Waals surface area contributed by atoms with Crippen LogP contribution in [0.25, 0.3) is 0 Å². The van der Waals surface area contributed by atoms with E-state index < -0.39 is 0 Å². The lowest BCUT2D eigenvalue weighted by molar-refractivity contribution is -0.118. The Kier molecular flexibility index (Phi) is 6.24. The molecule has 0 aromatic heterocycles. The van der Waals surface area contributed by atoms with E-state index in [1.165, 1.54) is 24.3 Å². The summed E-state index contributed by atoms with van der Waals surface area (Å²) >= 11 is 5.80. The molecule has 7 heteroatoms. The molecule has 2 N–H and O–H groups in total. The van der Waals surface area contributed by atoms with Crippen molar-refractivity contribution < 1.29 is 18.7 Å². The van der Waals surface area contributed by atoms with Gasteiger partial charge in [0.15, 0.2) is 6.61 Å². The van der Waals surface area contributed by atoms with Crippen LogP contribution in [-0.2, 0) is 4.79 Å². The van der Waals surface area contributed by atoms with E-state index in [0.717, 1.165) is 0 Å². The molecular formula is C21H16ClFN2O3. The smallest absolute Gasteiger partial charge is 0.262 e. The lowest BCUT2D eigenvalue weighted by Crippen LogP contribution is -2.20. The van der Waals surface area contributed by atoms with Crippen LogP contribution in [0.15, 0.2) is 72.8 Å². The first-order valence-corrected chi connectivity index (χ1v) is 8.72. The standard InChI is InChI=1S/C21H16ClFN2O3/c22-15-4-10-19(11-5-15)28-13-20(26)24-18-3-1-2-14(12-18)21(27)25-17-8-6-16(23)7-9-17/h1-12H,13H2,(H,24,26)(H,25,27). The van der Waals surface area contributed by atoms with Crippen LogP contribution in [0.1, 0.15) is 10.4 Å². The molecule has 0 saturated carbocycles. The molecule has 3 rings (SSSR count). The van der Waals surface area contributed by atoms with Crippen molar-refractivity contribution in [3.63, 3.8) is 0 Å². The number of rotatable bonds is 6. The summed E-state index contributed by atoms with van der Waals surface area (Å²) in [6, 6.07) is 18.6. The van der Waals surface area contributed by atoms with Crippen LogP contribution in [0.2, 0.25) is 5.02 Å². The van der Waals surface area contributed by atoms with Gasteiger partial charge in [0.25, 0.3) is 11.8 Å². The van der Waals surface area contributed by atoms with E-state index in [1.807, 2.05) is 0 Å². The highest BCUT2D eigenvalue weighted by molar-refractivity contribution is 6.30. The average molecular weight is 399 g/mol. The van der Waals surface area contributed by atoms with Crippen molar-refractivity contribution >= 4 is 34.8 Å². The van der Waals surface area contributed by atoms with Gasteiger partial charge in [-0.15, -0.1) is 0 Å². The molecule has 0 radical (unpaired) electrons. The minimum atomic E-state index is -0.386. The third-order valence-corrected chi connectivity index (χ3v) is 3.95. The molecule has 2 amide bonds. The second-order valence-electron chi connectivity index (χ2n) is 5.83. The zero-order chi connectivity index (χ0) is 19.9. The number of carbonyl (C=O) groups excluding carboxylic acids is 2. The van der Waals surface area contributed by atoms with Crippen LogP contribution in [0.3, 0.4) is 0 Å². The van der Waals surface area contributed by atoms with E-state index >= 15 is 0 Å². The van der Waals surface area contributed by atoms with Gasteiger partial charge in [0.1, 0.15) is 11.6 Å². The normalized spacial score (nSPS) is 10.2. The SMILES string of the molecule is O=C(COc1ccc(Cl)cc1)Nc1cccc(C(=O)Nc2ccc(F)cc2)c1. The Bertz CT molecular complexity index is 976. The third kappa shape index (κ3) is 5.56. The Balaban J connectivity index is 1.57. The molecule has 5 nitrogen and oxygen atoms in total. The monoisotopic (exact) mass is 398 g/mol. The van der Waals surface area contributed by atoms with Gasteiger partial charge < -0.3 is 15.4 Å². The maximum atomic E-state index is 12.9. The van der Waals surface area contributed by atoms with Gasteiger partial charge in [0, 0.05) is 22.0 Å². The Morgan fingerprint density at radius 1 is 0.893 bits per heavy atom. The third-order valence-electron chi connectivity index (χ3n) is 3.69. The van der Waals surface area contributed by atoms with E-state index in [4.69, 9.17) is 16.3 Å². The van der Waals surface area contributed by atoms with Crippen LogP contribution >= 0.6 is 11.6 Å². The number of anilines is 2. The quantitative estimate of drug-likeness (QED) is 0.629. The van der Waals surface area contributed by atoms with E-state index in [-0.39, 0.29) is 24.2 Å². The molecule has 3 aromatic rings. The van der Waals surface area contributed by atoms with E-state index in [9.17, 15) is 14.0 Å². The number of halogens is 2. The first kappa shape index (κ1) is 19.4. The first-order valence-electron chi connectivity index (χ1n) is 8.35. The summed E-state index contributed by atoms with van der Waals surface area (Å²) in [5.41, 5.74) is 1.27. The number of hydrogen-bond donors (Lipinski definition) is 2. The zero-order valence-electron chi connectivity index (χ0n) is 14.6. The molecular weight excluding hydrogens is 383 g/mol. The van der Waals surface area contributed by atoms with Gasteiger partial charge in [-0.05, 0) is 66.7 Å². The molecule has 142 valence electrons. The number of amides is 2. The van der Waals surface area contributed by atoms with E-state index in [1.54, 1.807) is 48.5 Å². The lowest BCUT2D eigenvalue weighted by atomic mass is 10.2. The van der Waals surface area contributed by atoms with Crippen LogP contribution in [0.4, 0.5) is 15.8 Å².